The Labute approximate surface area is 181 Å². The SMILES string of the molecule is CC(C)N(C(=O)[C@@H](C)OC(=O)c1nn(-c2ccccc2)c(=O)c2ccccc12)C(C)C. The number of nitrogens with zero attached hydrogens (tertiary/aromatic N) is 3. The van der Waals surface area contributed by atoms with Gasteiger partial charge in [-0.2, -0.15) is 9.78 Å². The summed E-state index contributed by atoms with van der Waals surface area (Å²) in [6.07, 6.45) is -0.991. The molecule has 0 bridgehead atoms. The first kappa shape index (κ1) is 22.2. The first-order valence-corrected chi connectivity index (χ1v) is 10.3. The maximum Gasteiger partial charge on any atom is 0.360 e. The number of para-hydroxylation sites is 1. The van der Waals surface area contributed by atoms with E-state index in [2.05, 4.69) is 5.10 Å². The largest absolute Gasteiger partial charge is 0.448 e. The first-order valence-electron chi connectivity index (χ1n) is 10.3. The molecule has 1 aromatic heterocycles. The van der Waals surface area contributed by atoms with Crippen LogP contribution in [0.5, 0.6) is 0 Å². The molecule has 31 heavy (non-hydrogen) atoms. The normalized spacial score (nSPS) is 12.2. The molecule has 0 fully saturated rings. The molecule has 0 spiro atoms. The topological polar surface area (TPSA) is 81.5 Å². The monoisotopic (exact) mass is 421 g/mol. The van der Waals surface area contributed by atoms with Crippen molar-refractivity contribution in [3.05, 3.63) is 70.6 Å². The van der Waals surface area contributed by atoms with Crippen LogP contribution in [0.2, 0.25) is 0 Å². The van der Waals surface area contributed by atoms with Gasteiger partial charge in [0, 0.05) is 17.5 Å². The van der Waals surface area contributed by atoms with Crippen molar-refractivity contribution in [2.45, 2.75) is 52.8 Å². The van der Waals surface area contributed by atoms with Gasteiger partial charge in [0.1, 0.15) is 0 Å². The van der Waals surface area contributed by atoms with Gasteiger partial charge >= 0.3 is 5.97 Å². The van der Waals surface area contributed by atoms with Crippen molar-refractivity contribution in [2.24, 2.45) is 0 Å². The lowest BCUT2D eigenvalue weighted by Gasteiger charge is -2.32. The van der Waals surface area contributed by atoms with E-state index < -0.39 is 12.1 Å². The average molecular weight is 421 g/mol. The van der Waals surface area contributed by atoms with Gasteiger partial charge in [-0.1, -0.05) is 36.4 Å². The number of benzene rings is 2. The van der Waals surface area contributed by atoms with Crippen LogP contribution in [0.1, 0.15) is 45.1 Å². The second kappa shape index (κ2) is 9.12. The zero-order valence-electron chi connectivity index (χ0n) is 18.4. The smallest absolute Gasteiger partial charge is 0.360 e. The van der Waals surface area contributed by atoms with Crippen LogP contribution in [0, 0.1) is 0 Å². The van der Waals surface area contributed by atoms with Crippen LogP contribution in [-0.2, 0) is 9.53 Å². The molecule has 7 heteroatoms. The quantitative estimate of drug-likeness (QED) is 0.568. The highest BCUT2D eigenvalue weighted by atomic mass is 16.5. The maximum atomic E-state index is 13.1. The Balaban J connectivity index is 2.02. The van der Waals surface area contributed by atoms with Gasteiger partial charge in [-0.3, -0.25) is 9.59 Å². The van der Waals surface area contributed by atoms with Crippen molar-refractivity contribution in [1.29, 1.82) is 0 Å². The third-order valence-corrected chi connectivity index (χ3v) is 5.00. The molecule has 1 heterocycles. The minimum Gasteiger partial charge on any atom is -0.448 e. The summed E-state index contributed by atoms with van der Waals surface area (Å²) < 4.78 is 6.69. The van der Waals surface area contributed by atoms with Crippen LogP contribution in [0.4, 0.5) is 0 Å². The van der Waals surface area contributed by atoms with Crippen molar-refractivity contribution >= 4 is 22.6 Å². The standard InChI is InChI=1S/C24H27N3O4/c1-15(2)26(16(3)4)22(28)17(5)31-24(30)21-19-13-9-10-14-20(19)23(29)27(25-21)18-11-7-6-8-12-18/h6-17H,1-5H3/t17-/m1/s1. The van der Waals surface area contributed by atoms with Gasteiger partial charge in [0.25, 0.3) is 11.5 Å². The molecular weight excluding hydrogens is 394 g/mol. The summed E-state index contributed by atoms with van der Waals surface area (Å²) in [5, 5.41) is 5.03. The van der Waals surface area contributed by atoms with E-state index in [1.807, 2.05) is 33.8 Å². The second-order valence-corrected chi connectivity index (χ2v) is 7.93. The summed E-state index contributed by atoms with van der Waals surface area (Å²) in [4.78, 5) is 40.6. The lowest BCUT2D eigenvalue weighted by atomic mass is 10.1. The zero-order chi connectivity index (χ0) is 22.7. The molecule has 1 amide bonds. The van der Waals surface area contributed by atoms with E-state index in [4.69, 9.17) is 4.74 Å². The van der Waals surface area contributed by atoms with Crippen molar-refractivity contribution in [1.82, 2.24) is 14.7 Å². The molecule has 0 N–H and O–H groups in total. The van der Waals surface area contributed by atoms with Gasteiger partial charge in [0.2, 0.25) is 0 Å². The Hall–Kier alpha value is -3.48. The molecule has 0 radical (unpaired) electrons. The van der Waals surface area contributed by atoms with Crippen molar-refractivity contribution in [3.8, 4) is 5.69 Å². The summed E-state index contributed by atoms with van der Waals surface area (Å²) in [6, 6.07) is 15.5. The number of amides is 1. The van der Waals surface area contributed by atoms with Gasteiger partial charge < -0.3 is 9.64 Å². The fraction of sp³-hybridized carbons (Fsp3) is 0.333. The van der Waals surface area contributed by atoms with E-state index in [1.54, 1.807) is 60.4 Å². The summed E-state index contributed by atoms with van der Waals surface area (Å²) in [5.74, 6) is -1.03. The van der Waals surface area contributed by atoms with E-state index >= 15 is 0 Å². The summed E-state index contributed by atoms with van der Waals surface area (Å²) in [7, 11) is 0. The van der Waals surface area contributed by atoms with Crippen LogP contribution >= 0.6 is 0 Å². The Bertz CT molecular complexity index is 1140. The molecule has 3 aromatic rings. The van der Waals surface area contributed by atoms with E-state index in [0.717, 1.165) is 0 Å². The van der Waals surface area contributed by atoms with Gasteiger partial charge in [-0.25, -0.2) is 4.79 Å². The fourth-order valence-electron chi connectivity index (χ4n) is 3.67. The Morgan fingerprint density at radius 3 is 2.00 bits per heavy atom. The average Bonchev–Trinajstić information content (AvgIpc) is 2.74. The lowest BCUT2D eigenvalue weighted by molar-refractivity contribution is -0.143. The highest BCUT2D eigenvalue weighted by Crippen LogP contribution is 2.18. The van der Waals surface area contributed by atoms with E-state index in [0.29, 0.717) is 16.5 Å². The number of carbonyl (C=O) groups excluding carboxylic acids is 2. The molecule has 0 unspecified atom stereocenters. The molecule has 0 saturated carbocycles. The molecule has 3 rings (SSSR count). The number of ether oxygens (including phenoxy) is 1. The van der Waals surface area contributed by atoms with Gasteiger partial charge in [-0.05, 0) is 52.8 Å². The van der Waals surface area contributed by atoms with E-state index in [1.165, 1.54) is 4.68 Å². The van der Waals surface area contributed by atoms with Crippen molar-refractivity contribution < 1.29 is 14.3 Å². The minimum atomic E-state index is -0.991. The molecule has 0 saturated heterocycles. The number of hydrogen-bond acceptors (Lipinski definition) is 5. The number of aromatic nitrogens is 2. The van der Waals surface area contributed by atoms with Gasteiger partial charge in [0.05, 0.1) is 11.1 Å². The Morgan fingerprint density at radius 1 is 0.871 bits per heavy atom. The third-order valence-electron chi connectivity index (χ3n) is 5.00. The van der Waals surface area contributed by atoms with Crippen molar-refractivity contribution in [2.75, 3.05) is 0 Å². The molecule has 7 nitrogen and oxygen atoms in total. The van der Waals surface area contributed by atoms with Gasteiger partial charge in [-0.15, -0.1) is 0 Å². The van der Waals surface area contributed by atoms with Crippen LogP contribution in [-0.4, -0.2) is 44.7 Å². The number of fused-ring (bicyclic) bond motifs is 1. The third kappa shape index (κ3) is 4.50. The number of rotatable bonds is 6. The number of esters is 1. The van der Waals surface area contributed by atoms with Crippen LogP contribution in [0.15, 0.2) is 59.4 Å². The molecule has 1 atom stereocenters. The molecule has 162 valence electrons. The lowest BCUT2D eigenvalue weighted by Crippen LogP contribution is -2.47. The maximum absolute atomic E-state index is 13.1. The van der Waals surface area contributed by atoms with Crippen LogP contribution in [0.25, 0.3) is 16.5 Å². The Morgan fingerprint density at radius 2 is 1.42 bits per heavy atom. The fourth-order valence-corrected chi connectivity index (χ4v) is 3.67. The predicted octanol–water partition coefficient (Wildman–Crippen LogP) is 3.58. The highest BCUT2D eigenvalue weighted by molar-refractivity contribution is 6.03. The Kier molecular flexibility index (Phi) is 6.53. The van der Waals surface area contributed by atoms with Crippen molar-refractivity contribution in [3.63, 3.8) is 0 Å². The minimum absolute atomic E-state index is 0.0145. The first-order chi connectivity index (χ1) is 14.7. The molecular formula is C24H27N3O4. The number of hydrogen-bond donors (Lipinski definition) is 0. The van der Waals surface area contributed by atoms with Crippen LogP contribution < -0.4 is 5.56 Å². The number of carbonyl (C=O) groups is 2. The van der Waals surface area contributed by atoms with Gasteiger partial charge in [0.15, 0.2) is 11.8 Å². The summed E-state index contributed by atoms with van der Waals surface area (Å²) in [6.45, 7) is 9.20. The van der Waals surface area contributed by atoms with E-state index in [9.17, 15) is 14.4 Å². The second-order valence-electron chi connectivity index (χ2n) is 7.93. The zero-order valence-corrected chi connectivity index (χ0v) is 18.4. The van der Waals surface area contributed by atoms with E-state index in [-0.39, 0.29) is 29.2 Å². The molecule has 0 aliphatic carbocycles. The summed E-state index contributed by atoms with van der Waals surface area (Å²) in [5.41, 5.74) is 0.176. The molecule has 2 aromatic carbocycles. The molecule has 0 aliphatic heterocycles. The predicted molar refractivity (Wildman–Crippen MR) is 119 cm³/mol. The van der Waals surface area contributed by atoms with Crippen LogP contribution in [0.3, 0.4) is 0 Å². The molecule has 0 aliphatic rings. The summed E-state index contributed by atoms with van der Waals surface area (Å²) >= 11 is 0. The highest BCUT2D eigenvalue weighted by Gasteiger charge is 2.29.